The third-order valence-corrected chi connectivity index (χ3v) is 4.85. The van der Waals surface area contributed by atoms with Gasteiger partial charge in [0, 0.05) is 44.5 Å². The second-order valence-electron chi connectivity index (χ2n) is 6.43. The summed E-state index contributed by atoms with van der Waals surface area (Å²) < 4.78 is 1.60. The Balaban J connectivity index is 1.43. The van der Waals surface area contributed by atoms with Gasteiger partial charge in [0.25, 0.3) is 0 Å². The van der Waals surface area contributed by atoms with Crippen LogP contribution in [0.5, 0.6) is 0 Å². The predicted octanol–water partition coefficient (Wildman–Crippen LogP) is -0.0194. The second-order valence-corrected chi connectivity index (χ2v) is 6.43. The summed E-state index contributed by atoms with van der Waals surface area (Å²) in [7, 11) is 0. The normalized spacial score (nSPS) is 23.3. The lowest BCUT2D eigenvalue weighted by molar-refractivity contribution is -0.135. The molecule has 0 saturated carbocycles. The van der Waals surface area contributed by atoms with E-state index < -0.39 is 0 Å². The molecule has 0 radical (unpaired) electrons. The highest BCUT2D eigenvalue weighted by molar-refractivity contribution is 5.76. The Morgan fingerprint density at radius 3 is 2.96 bits per heavy atom. The third-order valence-electron chi connectivity index (χ3n) is 4.85. The van der Waals surface area contributed by atoms with Crippen molar-refractivity contribution in [2.24, 2.45) is 5.92 Å². The molecule has 9 nitrogen and oxygen atoms in total. The smallest absolute Gasteiger partial charge is 0.224 e. The highest BCUT2D eigenvalue weighted by atomic mass is 16.2. The van der Waals surface area contributed by atoms with Crippen molar-refractivity contribution in [3.05, 3.63) is 24.9 Å². The summed E-state index contributed by atoms with van der Waals surface area (Å²) in [6.45, 7) is 3.11. The van der Waals surface area contributed by atoms with Crippen LogP contribution in [0.25, 0.3) is 0 Å². The predicted molar refractivity (Wildman–Crippen MR) is 84.9 cm³/mol. The van der Waals surface area contributed by atoms with Crippen LogP contribution in [0.15, 0.2) is 24.9 Å². The molecule has 5 heterocycles. The number of carbonyl (C=O) groups is 1. The van der Waals surface area contributed by atoms with E-state index in [1.54, 1.807) is 23.3 Å². The van der Waals surface area contributed by atoms with Crippen LogP contribution < -0.4 is 4.90 Å². The number of amides is 1. The number of fused-ring (bicyclic) bond motifs is 4. The largest absolute Gasteiger partial charge is 0.353 e. The lowest BCUT2D eigenvalue weighted by atomic mass is 9.95. The van der Waals surface area contributed by atoms with Gasteiger partial charge in [0.15, 0.2) is 0 Å². The summed E-state index contributed by atoms with van der Waals surface area (Å²) in [4.78, 5) is 25.6. The van der Waals surface area contributed by atoms with Crippen LogP contribution in [0.4, 0.5) is 5.82 Å². The number of tetrazole rings is 1. The van der Waals surface area contributed by atoms with Crippen molar-refractivity contribution in [3.8, 4) is 0 Å². The van der Waals surface area contributed by atoms with E-state index in [9.17, 15) is 4.79 Å². The van der Waals surface area contributed by atoms with Crippen LogP contribution in [-0.4, -0.2) is 66.7 Å². The first-order chi connectivity index (χ1) is 11.8. The molecule has 2 atom stereocenters. The first kappa shape index (κ1) is 15.0. The Bertz CT molecular complexity index is 676. The first-order valence-electron chi connectivity index (χ1n) is 8.31. The molecule has 1 amide bonds. The summed E-state index contributed by atoms with van der Waals surface area (Å²) >= 11 is 0. The van der Waals surface area contributed by atoms with Crippen LogP contribution in [0.1, 0.15) is 19.3 Å². The number of anilines is 1. The Kier molecular flexibility index (Phi) is 4.06. The maximum absolute atomic E-state index is 12.7. The summed E-state index contributed by atoms with van der Waals surface area (Å²) in [6, 6.07) is 0.243. The number of hydrogen-bond donors (Lipinski definition) is 0. The molecule has 3 aliphatic rings. The summed E-state index contributed by atoms with van der Waals surface area (Å²) in [5, 5.41) is 11.0. The van der Waals surface area contributed by atoms with Crippen LogP contribution in [0.3, 0.4) is 0 Å². The zero-order valence-corrected chi connectivity index (χ0v) is 13.4. The fourth-order valence-electron chi connectivity index (χ4n) is 3.67. The maximum Gasteiger partial charge on any atom is 0.224 e. The Labute approximate surface area is 139 Å². The summed E-state index contributed by atoms with van der Waals surface area (Å²) in [5.41, 5.74) is 0. The number of piperidine rings is 1. The van der Waals surface area contributed by atoms with Gasteiger partial charge in [-0.1, -0.05) is 0 Å². The average molecular weight is 328 g/mol. The van der Waals surface area contributed by atoms with Gasteiger partial charge in [-0.25, -0.2) is 9.67 Å². The number of carbonyl (C=O) groups excluding carboxylic acids is 1. The van der Waals surface area contributed by atoms with Gasteiger partial charge in [-0.3, -0.25) is 9.78 Å². The Morgan fingerprint density at radius 1 is 1.21 bits per heavy atom. The number of aromatic nitrogens is 6. The molecule has 0 aliphatic carbocycles. The molecule has 3 fully saturated rings. The fourth-order valence-corrected chi connectivity index (χ4v) is 3.67. The molecular formula is C15H20N8O. The molecule has 3 saturated heterocycles. The summed E-state index contributed by atoms with van der Waals surface area (Å²) in [6.07, 6.45) is 9.39. The minimum absolute atomic E-state index is 0.182. The van der Waals surface area contributed by atoms with Crippen molar-refractivity contribution in [1.29, 1.82) is 0 Å². The maximum atomic E-state index is 12.7. The summed E-state index contributed by atoms with van der Waals surface area (Å²) in [5.74, 6) is 1.57. The quantitative estimate of drug-likeness (QED) is 0.778. The second kappa shape index (κ2) is 6.50. The van der Waals surface area contributed by atoms with Crippen molar-refractivity contribution < 1.29 is 4.79 Å². The zero-order chi connectivity index (χ0) is 16.4. The van der Waals surface area contributed by atoms with Crippen molar-refractivity contribution in [2.75, 3.05) is 24.5 Å². The standard InChI is InChI=1S/C15H20N8O/c24-15(3-6-22-11-18-19-20-22)23-9-12-1-2-13(23)10-21(8-12)14-7-16-4-5-17-14/h4-5,7,11-13H,1-3,6,8-10H2/t12-,13+/m0/s1. The molecule has 0 spiro atoms. The number of hydrogen-bond acceptors (Lipinski definition) is 7. The molecule has 2 aromatic heterocycles. The lowest BCUT2D eigenvalue weighted by Gasteiger charge is -2.36. The molecule has 2 bridgehead atoms. The van der Waals surface area contributed by atoms with Crippen LogP contribution in [-0.2, 0) is 11.3 Å². The van der Waals surface area contributed by atoms with Gasteiger partial charge in [-0.05, 0) is 29.2 Å². The third kappa shape index (κ3) is 3.06. The number of aryl methyl sites for hydroxylation is 1. The molecule has 3 aliphatic heterocycles. The van der Waals surface area contributed by atoms with E-state index in [4.69, 9.17) is 0 Å². The highest BCUT2D eigenvalue weighted by Crippen LogP contribution is 2.30. The van der Waals surface area contributed by atoms with E-state index in [0.29, 0.717) is 18.9 Å². The van der Waals surface area contributed by atoms with E-state index in [1.165, 1.54) is 6.33 Å². The average Bonchev–Trinajstić information content (AvgIpc) is 2.98. The van der Waals surface area contributed by atoms with E-state index in [-0.39, 0.29) is 11.9 Å². The van der Waals surface area contributed by atoms with Gasteiger partial charge in [0.1, 0.15) is 12.1 Å². The fraction of sp³-hybridized carbons (Fsp3) is 0.600. The highest BCUT2D eigenvalue weighted by Gasteiger charge is 2.37. The molecule has 9 heteroatoms. The lowest BCUT2D eigenvalue weighted by Crippen LogP contribution is -2.47. The van der Waals surface area contributed by atoms with Crippen LogP contribution in [0.2, 0.25) is 0 Å². The van der Waals surface area contributed by atoms with Gasteiger partial charge in [-0.15, -0.1) is 5.10 Å². The van der Waals surface area contributed by atoms with Gasteiger partial charge < -0.3 is 9.80 Å². The molecule has 126 valence electrons. The van der Waals surface area contributed by atoms with Crippen molar-refractivity contribution in [1.82, 2.24) is 35.1 Å². The van der Waals surface area contributed by atoms with Crippen LogP contribution >= 0.6 is 0 Å². The van der Waals surface area contributed by atoms with Gasteiger partial charge in [0.05, 0.1) is 12.7 Å². The van der Waals surface area contributed by atoms with Crippen molar-refractivity contribution in [3.63, 3.8) is 0 Å². The number of rotatable bonds is 4. The molecular weight excluding hydrogens is 308 g/mol. The minimum atomic E-state index is 0.182. The molecule has 0 N–H and O–H groups in total. The zero-order valence-electron chi connectivity index (χ0n) is 13.4. The van der Waals surface area contributed by atoms with Gasteiger partial charge in [-0.2, -0.15) is 0 Å². The molecule has 0 aromatic carbocycles. The topological polar surface area (TPSA) is 92.9 Å². The molecule has 5 rings (SSSR count). The molecule has 24 heavy (non-hydrogen) atoms. The van der Waals surface area contributed by atoms with Gasteiger partial charge in [0.2, 0.25) is 5.91 Å². The van der Waals surface area contributed by atoms with E-state index in [0.717, 1.165) is 38.3 Å². The molecule has 0 unspecified atom stereocenters. The minimum Gasteiger partial charge on any atom is -0.353 e. The Hall–Kier alpha value is -2.58. The Morgan fingerprint density at radius 2 is 2.17 bits per heavy atom. The SMILES string of the molecule is O=C(CCn1cnnn1)N1C[C@H]2CC[C@@H]1CN(c1cnccn1)C2. The van der Waals surface area contributed by atoms with E-state index >= 15 is 0 Å². The number of nitrogens with zero attached hydrogens (tertiary/aromatic N) is 8. The van der Waals surface area contributed by atoms with E-state index in [2.05, 4.69) is 35.3 Å². The van der Waals surface area contributed by atoms with Gasteiger partial charge >= 0.3 is 0 Å². The monoisotopic (exact) mass is 328 g/mol. The van der Waals surface area contributed by atoms with Crippen LogP contribution in [0, 0.1) is 5.92 Å². The van der Waals surface area contributed by atoms with E-state index in [1.807, 2.05) is 0 Å². The van der Waals surface area contributed by atoms with Crippen molar-refractivity contribution in [2.45, 2.75) is 31.8 Å². The molecule has 2 aromatic rings. The van der Waals surface area contributed by atoms with Crippen molar-refractivity contribution >= 4 is 11.7 Å². The first-order valence-corrected chi connectivity index (χ1v) is 8.31.